The van der Waals surface area contributed by atoms with Gasteiger partial charge in [-0.2, -0.15) is 13.2 Å². The molecule has 1 aromatic carbocycles. The second kappa shape index (κ2) is 7.42. The first-order chi connectivity index (χ1) is 9.33. The van der Waals surface area contributed by atoms with E-state index >= 15 is 0 Å². The van der Waals surface area contributed by atoms with Crippen molar-refractivity contribution in [1.29, 1.82) is 0 Å². The molecule has 0 aliphatic carbocycles. The van der Waals surface area contributed by atoms with E-state index in [2.05, 4.69) is 10.1 Å². The molecule has 1 N–H and O–H groups in total. The molecule has 1 rings (SSSR count). The van der Waals surface area contributed by atoms with Gasteiger partial charge in [0.05, 0.1) is 13.0 Å². The Balaban J connectivity index is 2.64. The van der Waals surface area contributed by atoms with Crippen LogP contribution in [0.15, 0.2) is 12.1 Å². The van der Waals surface area contributed by atoms with Crippen LogP contribution in [0.1, 0.15) is 25.3 Å². The van der Waals surface area contributed by atoms with E-state index in [-0.39, 0.29) is 6.54 Å². The van der Waals surface area contributed by atoms with Gasteiger partial charge < -0.3 is 10.1 Å². The van der Waals surface area contributed by atoms with Gasteiger partial charge in [-0.3, -0.25) is 0 Å². The number of hydrogen-bond donors (Lipinski definition) is 1. The summed E-state index contributed by atoms with van der Waals surface area (Å²) >= 11 is 0. The average Bonchev–Trinajstić information content (AvgIpc) is 2.32. The second-order valence-corrected chi connectivity index (χ2v) is 4.28. The van der Waals surface area contributed by atoms with Crippen molar-refractivity contribution in [3.05, 3.63) is 29.3 Å². The zero-order chi connectivity index (χ0) is 15.2. The van der Waals surface area contributed by atoms with Crippen molar-refractivity contribution in [2.45, 2.75) is 32.5 Å². The maximum Gasteiger partial charge on any atom is 0.392 e. The van der Waals surface area contributed by atoms with Crippen molar-refractivity contribution in [3.63, 3.8) is 0 Å². The Morgan fingerprint density at radius 3 is 2.25 bits per heavy atom. The summed E-state index contributed by atoms with van der Waals surface area (Å²) in [4.78, 5) is 0. The van der Waals surface area contributed by atoms with Crippen LogP contribution >= 0.6 is 0 Å². The molecule has 1 aromatic rings. The van der Waals surface area contributed by atoms with Gasteiger partial charge in [0.1, 0.15) is 0 Å². The lowest BCUT2D eigenvalue weighted by Crippen LogP contribution is -2.15. The number of rotatable bonds is 7. The molecular formula is C13H16F5NO. The second-order valence-electron chi connectivity index (χ2n) is 4.28. The first-order valence-electron chi connectivity index (χ1n) is 6.21. The van der Waals surface area contributed by atoms with Crippen molar-refractivity contribution < 1.29 is 26.7 Å². The van der Waals surface area contributed by atoms with Crippen LogP contribution in [0.3, 0.4) is 0 Å². The molecule has 114 valence electrons. The predicted molar refractivity (Wildman–Crippen MR) is 64.5 cm³/mol. The van der Waals surface area contributed by atoms with Gasteiger partial charge in [0.2, 0.25) is 0 Å². The zero-order valence-electron chi connectivity index (χ0n) is 11.0. The fourth-order valence-corrected chi connectivity index (χ4v) is 1.53. The Bertz CT molecular complexity index is 410. The highest BCUT2D eigenvalue weighted by molar-refractivity contribution is 5.31. The number of halogens is 5. The van der Waals surface area contributed by atoms with Crippen LogP contribution in [-0.2, 0) is 6.54 Å². The molecule has 7 heteroatoms. The number of hydrogen-bond acceptors (Lipinski definition) is 2. The molecule has 0 fully saturated rings. The van der Waals surface area contributed by atoms with E-state index in [0.717, 1.165) is 18.6 Å². The lowest BCUT2D eigenvalue weighted by Gasteiger charge is -2.11. The number of alkyl halides is 3. The summed E-state index contributed by atoms with van der Waals surface area (Å²) in [5.41, 5.74) is 0.372. The topological polar surface area (TPSA) is 21.3 Å². The van der Waals surface area contributed by atoms with Gasteiger partial charge in [0, 0.05) is 6.54 Å². The molecule has 2 nitrogen and oxygen atoms in total. The van der Waals surface area contributed by atoms with Crippen LogP contribution in [-0.4, -0.2) is 19.3 Å². The highest BCUT2D eigenvalue weighted by Crippen LogP contribution is 2.25. The van der Waals surface area contributed by atoms with Crippen molar-refractivity contribution in [2.24, 2.45) is 0 Å². The molecule has 0 saturated heterocycles. The first-order valence-corrected chi connectivity index (χ1v) is 6.21. The molecule has 20 heavy (non-hydrogen) atoms. The molecule has 0 bridgehead atoms. The van der Waals surface area contributed by atoms with Gasteiger partial charge in [-0.05, 0) is 30.7 Å². The largest absolute Gasteiger partial charge is 0.487 e. The van der Waals surface area contributed by atoms with E-state index in [0.29, 0.717) is 12.1 Å². The SMILES string of the molecule is CCCNCc1cc(F)c(OCCC(F)(F)F)c(F)c1. The normalized spacial score (nSPS) is 11.7. The summed E-state index contributed by atoms with van der Waals surface area (Å²) in [6.45, 7) is 2.12. The summed E-state index contributed by atoms with van der Waals surface area (Å²) in [6, 6.07) is 2.10. The maximum absolute atomic E-state index is 13.6. The van der Waals surface area contributed by atoms with Crippen LogP contribution in [0.2, 0.25) is 0 Å². The first kappa shape index (κ1) is 16.7. The van der Waals surface area contributed by atoms with Gasteiger partial charge >= 0.3 is 6.18 Å². The standard InChI is InChI=1S/C13H16F5NO/c1-2-4-19-8-9-6-10(14)12(11(15)7-9)20-5-3-13(16,17)18/h6-7,19H,2-5,8H2,1H3. The molecule has 0 radical (unpaired) electrons. The van der Waals surface area contributed by atoms with Crippen molar-refractivity contribution in [2.75, 3.05) is 13.2 Å². The summed E-state index contributed by atoms with van der Waals surface area (Å²) < 4.78 is 67.4. The Kier molecular flexibility index (Phi) is 6.19. The van der Waals surface area contributed by atoms with Crippen LogP contribution in [0.4, 0.5) is 22.0 Å². The maximum atomic E-state index is 13.6. The van der Waals surface area contributed by atoms with Crippen LogP contribution in [0, 0.1) is 11.6 Å². The van der Waals surface area contributed by atoms with E-state index in [4.69, 9.17) is 0 Å². The van der Waals surface area contributed by atoms with Crippen molar-refractivity contribution in [3.8, 4) is 5.75 Å². The van der Waals surface area contributed by atoms with Crippen molar-refractivity contribution in [1.82, 2.24) is 5.32 Å². The molecule has 0 amide bonds. The summed E-state index contributed by atoms with van der Waals surface area (Å²) in [5, 5.41) is 2.97. The molecule has 0 aliphatic heterocycles. The summed E-state index contributed by atoms with van der Waals surface area (Å²) in [7, 11) is 0. The Hall–Kier alpha value is -1.37. The lowest BCUT2D eigenvalue weighted by atomic mass is 10.2. The Morgan fingerprint density at radius 2 is 1.75 bits per heavy atom. The van der Waals surface area contributed by atoms with Crippen LogP contribution < -0.4 is 10.1 Å². The van der Waals surface area contributed by atoms with Gasteiger partial charge in [-0.1, -0.05) is 6.92 Å². The third-order valence-electron chi connectivity index (χ3n) is 2.45. The molecule has 0 atom stereocenters. The molecule has 0 spiro atoms. The molecule has 0 aromatic heterocycles. The minimum absolute atomic E-state index is 0.282. The monoisotopic (exact) mass is 297 g/mol. The van der Waals surface area contributed by atoms with Gasteiger partial charge in [0.15, 0.2) is 17.4 Å². The molecule has 0 unspecified atom stereocenters. The van der Waals surface area contributed by atoms with E-state index in [1.807, 2.05) is 6.92 Å². The van der Waals surface area contributed by atoms with Crippen LogP contribution in [0.5, 0.6) is 5.75 Å². The third-order valence-corrected chi connectivity index (χ3v) is 2.45. The quantitative estimate of drug-likeness (QED) is 0.610. The van der Waals surface area contributed by atoms with Crippen molar-refractivity contribution >= 4 is 0 Å². The number of nitrogens with one attached hydrogen (secondary N) is 1. The Morgan fingerprint density at radius 1 is 1.15 bits per heavy atom. The highest BCUT2D eigenvalue weighted by atomic mass is 19.4. The zero-order valence-corrected chi connectivity index (χ0v) is 11.0. The third kappa shape index (κ3) is 5.73. The Labute approximate surface area is 113 Å². The minimum Gasteiger partial charge on any atom is -0.487 e. The molecular weight excluding hydrogens is 281 g/mol. The van der Waals surface area contributed by atoms with E-state index < -0.39 is 36.6 Å². The fraction of sp³-hybridized carbons (Fsp3) is 0.538. The van der Waals surface area contributed by atoms with E-state index in [9.17, 15) is 22.0 Å². The van der Waals surface area contributed by atoms with Gasteiger partial charge in [-0.15, -0.1) is 0 Å². The predicted octanol–water partition coefficient (Wildman–Crippen LogP) is 3.80. The fourth-order valence-electron chi connectivity index (χ4n) is 1.53. The number of benzene rings is 1. The van der Waals surface area contributed by atoms with Gasteiger partial charge in [0.25, 0.3) is 0 Å². The highest BCUT2D eigenvalue weighted by Gasteiger charge is 2.27. The summed E-state index contributed by atoms with van der Waals surface area (Å²) in [5.74, 6) is -2.77. The number of ether oxygens (including phenoxy) is 1. The minimum atomic E-state index is -4.42. The van der Waals surface area contributed by atoms with Crippen LogP contribution in [0.25, 0.3) is 0 Å². The van der Waals surface area contributed by atoms with Gasteiger partial charge in [-0.25, -0.2) is 8.78 Å². The average molecular weight is 297 g/mol. The van der Waals surface area contributed by atoms with E-state index in [1.165, 1.54) is 0 Å². The molecule has 0 aliphatic rings. The molecule has 0 saturated carbocycles. The summed E-state index contributed by atoms with van der Waals surface area (Å²) in [6.07, 6.45) is -4.80. The van der Waals surface area contributed by atoms with E-state index in [1.54, 1.807) is 0 Å². The molecule has 0 heterocycles. The smallest absolute Gasteiger partial charge is 0.392 e. The lowest BCUT2D eigenvalue weighted by molar-refractivity contribution is -0.139.